The minimum Gasteiger partial charge on any atom is -0.366 e. The van der Waals surface area contributed by atoms with E-state index in [9.17, 15) is 4.79 Å². The Morgan fingerprint density at radius 3 is 2.27 bits per heavy atom. The molecule has 0 bridgehead atoms. The number of hydrogen-bond donors (Lipinski definition) is 2. The molecule has 1 aromatic rings. The Bertz CT molecular complexity index is 309. The molecule has 84 valence electrons. The standard InChI is InChI=1S/C11H16N2O.ClH/c1-8(12)2-3-9-4-6-10(7-5-9)11(13)14;/h4-8H,2-3,12H2,1H3,(H2,13,14);1H/t8-;/m1./s1. The van der Waals surface area contributed by atoms with E-state index in [1.807, 2.05) is 19.1 Å². The lowest BCUT2D eigenvalue weighted by molar-refractivity contribution is 0.100. The van der Waals surface area contributed by atoms with Crippen molar-refractivity contribution in [1.29, 1.82) is 0 Å². The van der Waals surface area contributed by atoms with Crippen LogP contribution in [-0.4, -0.2) is 11.9 Å². The highest BCUT2D eigenvalue weighted by Crippen LogP contribution is 2.07. The second kappa shape index (κ2) is 6.43. The molecule has 0 saturated carbocycles. The van der Waals surface area contributed by atoms with Crippen molar-refractivity contribution < 1.29 is 4.79 Å². The summed E-state index contributed by atoms with van der Waals surface area (Å²) in [5.74, 6) is -0.385. The van der Waals surface area contributed by atoms with Gasteiger partial charge < -0.3 is 11.5 Å². The Labute approximate surface area is 96.3 Å². The zero-order valence-electron chi connectivity index (χ0n) is 8.77. The summed E-state index contributed by atoms with van der Waals surface area (Å²) >= 11 is 0. The molecule has 0 radical (unpaired) electrons. The fourth-order valence-corrected chi connectivity index (χ4v) is 1.23. The molecule has 3 nitrogen and oxygen atoms in total. The van der Waals surface area contributed by atoms with E-state index in [0.29, 0.717) is 5.56 Å². The van der Waals surface area contributed by atoms with E-state index in [1.54, 1.807) is 12.1 Å². The van der Waals surface area contributed by atoms with Crippen LogP contribution in [0.2, 0.25) is 0 Å². The van der Waals surface area contributed by atoms with Gasteiger partial charge in [0, 0.05) is 11.6 Å². The van der Waals surface area contributed by atoms with E-state index in [4.69, 9.17) is 11.5 Å². The molecule has 0 spiro atoms. The summed E-state index contributed by atoms with van der Waals surface area (Å²) in [5.41, 5.74) is 12.5. The summed E-state index contributed by atoms with van der Waals surface area (Å²) < 4.78 is 0. The molecule has 0 unspecified atom stereocenters. The molecule has 0 fully saturated rings. The number of benzene rings is 1. The van der Waals surface area contributed by atoms with Gasteiger partial charge in [0.15, 0.2) is 0 Å². The van der Waals surface area contributed by atoms with Crippen LogP contribution in [0, 0.1) is 0 Å². The fraction of sp³-hybridized carbons (Fsp3) is 0.364. The van der Waals surface area contributed by atoms with Gasteiger partial charge in [0.05, 0.1) is 0 Å². The van der Waals surface area contributed by atoms with Crippen LogP contribution < -0.4 is 11.5 Å². The summed E-state index contributed by atoms with van der Waals surface area (Å²) in [6.45, 7) is 1.98. The molecule has 1 rings (SSSR count). The number of carbonyl (C=O) groups is 1. The van der Waals surface area contributed by atoms with Crippen molar-refractivity contribution in [1.82, 2.24) is 0 Å². The third-order valence-electron chi connectivity index (χ3n) is 2.13. The predicted octanol–water partition coefficient (Wildman–Crippen LogP) is 1.49. The quantitative estimate of drug-likeness (QED) is 0.820. The average Bonchev–Trinajstić information content (AvgIpc) is 2.15. The van der Waals surface area contributed by atoms with E-state index in [-0.39, 0.29) is 24.4 Å². The molecule has 1 amide bonds. The number of nitrogens with two attached hydrogens (primary N) is 2. The maximum atomic E-state index is 10.8. The number of amides is 1. The molecule has 0 aliphatic heterocycles. The smallest absolute Gasteiger partial charge is 0.248 e. The Balaban J connectivity index is 0.00000196. The highest BCUT2D eigenvalue weighted by molar-refractivity contribution is 5.92. The van der Waals surface area contributed by atoms with Gasteiger partial charge in [0.2, 0.25) is 5.91 Å². The maximum Gasteiger partial charge on any atom is 0.248 e. The number of hydrogen-bond acceptors (Lipinski definition) is 2. The number of primary amides is 1. The van der Waals surface area contributed by atoms with Crippen molar-refractivity contribution in [3.05, 3.63) is 35.4 Å². The SMILES string of the molecule is C[C@@H](N)CCc1ccc(C(N)=O)cc1.Cl. The first-order chi connectivity index (χ1) is 6.59. The highest BCUT2D eigenvalue weighted by atomic mass is 35.5. The monoisotopic (exact) mass is 228 g/mol. The number of aryl methyl sites for hydroxylation is 1. The number of rotatable bonds is 4. The van der Waals surface area contributed by atoms with Crippen molar-refractivity contribution in [2.45, 2.75) is 25.8 Å². The molecule has 0 aliphatic rings. The summed E-state index contributed by atoms with van der Waals surface area (Å²) in [6, 6.07) is 7.55. The average molecular weight is 229 g/mol. The third-order valence-corrected chi connectivity index (χ3v) is 2.13. The van der Waals surface area contributed by atoms with E-state index in [0.717, 1.165) is 12.8 Å². The molecule has 0 aromatic heterocycles. The lowest BCUT2D eigenvalue weighted by Gasteiger charge is -2.05. The molecule has 0 saturated heterocycles. The first-order valence-corrected chi connectivity index (χ1v) is 4.74. The van der Waals surface area contributed by atoms with Gasteiger partial charge >= 0.3 is 0 Å². The molecule has 1 aromatic carbocycles. The molecular weight excluding hydrogens is 212 g/mol. The molecule has 4 heteroatoms. The van der Waals surface area contributed by atoms with Gasteiger partial charge in [-0.15, -0.1) is 12.4 Å². The Hall–Kier alpha value is -1.06. The zero-order valence-corrected chi connectivity index (χ0v) is 9.59. The first kappa shape index (κ1) is 13.9. The van der Waals surface area contributed by atoms with Crippen LogP contribution in [0.4, 0.5) is 0 Å². The van der Waals surface area contributed by atoms with Crippen LogP contribution in [0.25, 0.3) is 0 Å². The van der Waals surface area contributed by atoms with E-state index in [2.05, 4.69) is 0 Å². The normalized spacial score (nSPS) is 11.6. The van der Waals surface area contributed by atoms with Crippen LogP contribution in [0.15, 0.2) is 24.3 Å². The van der Waals surface area contributed by atoms with E-state index < -0.39 is 0 Å². The second-order valence-corrected chi connectivity index (χ2v) is 3.58. The zero-order chi connectivity index (χ0) is 10.6. The fourth-order valence-electron chi connectivity index (χ4n) is 1.23. The van der Waals surface area contributed by atoms with Crippen LogP contribution in [0.5, 0.6) is 0 Å². The molecule has 1 atom stereocenters. The number of halogens is 1. The molecule has 0 heterocycles. The topological polar surface area (TPSA) is 69.1 Å². The summed E-state index contributed by atoms with van der Waals surface area (Å²) in [7, 11) is 0. The van der Waals surface area contributed by atoms with Crippen LogP contribution in [0.1, 0.15) is 29.3 Å². The van der Waals surface area contributed by atoms with Crippen molar-refractivity contribution in [2.75, 3.05) is 0 Å². The molecule has 4 N–H and O–H groups in total. The minimum absolute atomic E-state index is 0. The predicted molar refractivity (Wildman–Crippen MR) is 64.2 cm³/mol. The Morgan fingerprint density at radius 1 is 1.33 bits per heavy atom. The third kappa shape index (κ3) is 4.81. The summed E-state index contributed by atoms with van der Waals surface area (Å²) in [4.78, 5) is 10.8. The number of carbonyl (C=O) groups excluding carboxylic acids is 1. The van der Waals surface area contributed by atoms with Crippen LogP contribution >= 0.6 is 12.4 Å². The van der Waals surface area contributed by atoms with Crippen molar-refractivity contribution in [2.24, 2.45) is 11.5 Å². The molecule has 15 heavy (non-hydrogen) atoms. The van der Waals surface area contributed by atoms with Gasteiger partial charge in [0.1, 0.15) is 0 Å². The van der Waals surface area contributed by atoms with Gasteiger partial charge in [-0.3, -0.25) is 4.79 Å². The van der Waals surface area contributed by atoms with Crippen LogP contribution in [0.3, 0.4) is 0 Å². The lowest BCUT2D eigenvalue weighted by atomic mass is 10.0. The lowest BCUT2D eigenvalue weighted by Crippen LogP contribution is -2.15. The molecule has 0 aliphatic carbocycles. The molecular formula is C11H17ClN2O. The van der Waals surface area contributed by atoms with Crippen molar-refractivity contribution >= 4 is 18.3 Å². The van der Waals surface area contributed by atoms with Crippen LogP contribution in [-0.2, 0) is 6.42 Å². The first-order valence-electron chi connectivity index (χ1n) is 4.74. The Kier molecular flexibility index (Phi) is 5.97. The van der Waals surface area contributed by atoms with Gasteiger partial charge in [0.25, 0.3) is 0 Å². The Morgan fingerprint density at radius 2 is 1.87 bits per heavy atom. The van der Waals surface area contributed by atoms with Gasteiger partial charge in [-0.05, 0) is 37.5 Å². The second-order valence-electron chi connectivity index (χ2n) is 3.58. The largest absolute Gasteiger partial charge is 0.366 e. The van der Waals surface area contributed by atoms with E-state index in [1.165, 1.54) is 5.56 Å². The van der Waals surface area contributed by atoms with E-state index >= 15 is 0 Å². The minimum atomic E-state index is -0.385. The highest BCUT2D eigenvalue weighted by Gasteiger charge is 2.00. The van der Waals surface area contributed by atoms with Crippen molar-refractivity contribution in [3.63, 3.8) is 0 Å². The van der Waals surface area contributed by atoms with Gasteiger partial charge in [-0.25, -0.2) is 0 Å². The summed E-state index contributed by atoms with van der Waals surface area (Å²) in [5, 5.41) is 0. The summed E-state index contributed by atoms with van der Waals surface area (Å²) in [6.07, 6.45) is 1.90. The van der Waals surface area contributed by atoms with Gasteiger partial charge in [-0.2, -0.15) is 0 Å². The van der Waals surface area contributed by atoms with Crippen molar-refractivity contribution in [3.8, 4) is 0 Å². The maximum absolute atomic E-state index is 10.8. The van der Waals surface area contributed by atoms with Gasteiger partial charge in [-0.1, -0.05) is 12.1 Å².